The molecule has 2 aliphatic rings. The molecule has 0 radical (unpaired) electrons. The molecule has 0 amide bonds. The minimum Gasteiger partial charge on any atom is -0.480 e. The fourth-order valence-corrected chi connectivity index (χ4v) is 3.61. The molecule has 2 atom stereocenters. The van der Waals surface area contributed by atoms with Crippen LogP contribution in [0.3, 0.4) is 0 Å². The zero-order chi connectivity index (χ0) is 14.8. The van der Waals surface area contributed by atoms with Gasteiger partial charge in [-0.25, -0.2) is 0 Å². The van der Waals surface area contributed by atoms with Crippen LogP contribution in [0.5, 0.6) is 0 Å². The van der Waals surface area contributed by atoms with Gasteiger partial charge in [0.05, 0.1) is 0 Å². The molecule has 0 spiro atoms. The molecule has 4 heteroatoms. The van der Waals surface area contributed by atoms with Crippen LogP contribution in [0.15, 0.2) is 0 Å². The van der Waals surface area contributed by atoms with Crippen molar-refractivity contribution in [3.8, 4) is 0 Å². The Bertz CT molecular complexity index is 341. The van der Waals surface area contributed by atoms with Crippen LogP contribution in [-0.4, -0.2) is 46.7 Å². The predicted molar refractivity (Wildman–Crippen MR) is 80.9 cm³/mol. The molecule has 0 aromatic rings. The molecule has 4 nitrogen and oxygen atoms in total. The third-order valence-electron chi connectivity index (χ3n) is 4.68. The SMILES string of the molecule is CCCN(CC1CC1)C1CCC(NC(C)C)(C(=O)O)C1. The maximum atomic E-state index is 11.7. The first-order valence-electron chi connectivity index (χ1n) is 8.22. The number of nitrogens with zero attached hydrogens (tertiary/aromatic N) is 1. The third-order valence-corrected chi connectivity index (χ3v) is 4.68. The Morgan fingerprint density at radius 1 is 1.40 bits per heavy atom. The van der Waals surface area contributed by atoms with Gasteiger partial charge in [-0.15, -0.1) is 0 Å². The van der Waals surface area contributed by atoms with Crippen LogP contribution in [0.25, 0.3) is 0 Å². The summed E-state index contributed by atoms with van der Waals surface area (Å²) in [5.41, 5.74) is -0.700. The first-order chi connectivity index (χ1) is 9.47. The van der Waals surface area contributed by atoms with Crippen molar-refractivity contribution in [1.29, 1.82) is 0 Å². The second-order valence-corrected chi connectivity index (χ2v) is 7.02. The molecular formula is C16H30N2O2. The van der Waals surface area contributed by atoms with Crippen molar-refractivity contribution < 1.29 is 9.90 Å². The topological polar surface area (TPSA) is 52.6 Å². The molecule has 0 bridgehead atoms. The Kier molecular flexibility index (Phi) is 5.08. The lowest BCUT2D eigenvalue weighted by Gasteiger charge is -2.32. The Morgan fingerprint density at radius 2 is 2.10 bits per heavy atom. The van der Waals surface area contributed by atoms with Crippen molar-refractivity contribution >= 4 is 5.97 Å². The molecule has 2 fully saturated rings. The number of carboxylic acids is 1. The first kappa shape index (κ1) is 15.8. The second-order valence-electron chi connectivity index (χ2n) is 7.02. The Labute approximate surface area is 122 Å². The second kappa shape index (κ2) is 6.44. The largest absolute Gasteiger partial charge is 0.480 e. The smallest absolute Gasteiger partial charge is 0.323 e. The zero-order valence-corrected chi connectivity index (χ0v) is 13.2. The van der Waals surface area contributed by atoms with Gasteiger partial charge in [-0.2, -0.15) is 0 Å². The number of nitrogens with one attached hydrogen (secondary N) is 1. The van der Waals surface area contributed by atoms with Gasteiger partial charge in [0, 0.05) is 18.6 Å². The summed E-state index contributed by atoms with van der Waals surface area (Å²) in [4.78, 5) is 14.3. The van der Waals surface area contributed by atoms with Crippen molar-refractivity contribution in [1.82, 2.24) is 10.2 Å². The maximum absolute atomic E-state index is 11.7. The number of carboxylic acid groups (broad SMARTS) is 1. The molecule has 2 saturated carbocycles. The Balaban J connectivity index is 2.00. The van der Waals surface area contributed by atoms with E-state index in [9.17, 15) is 9.90 Å². The van der Waals surface area contributed by atoms with E-state index in [1.165, 1.54) is 19.4 Å². The van der Waals surface area contributed by atoms with Crippen LogP contribution in [0.2, 0.25) is 0 Å². The Hall–Kier alpha value is -0.610. The van der Waals surface area contributed by atoms with Gasteiger partial charge in [-0.05, 0) is 64.8 Å². The highest BCUT2D eigenvalue weighted by atomic mass is 16.4. The van der Waals surface area contributed by atoms with E-state index >= 15 is 0 Å². The Morgan fingerprint density at radius 3 is 2.60 bits per heavy atom. The van der Waals surface area contributed by atoms with E-state index in [0.29, 0.717) is 6.04 Å². The highest BCUT2D eigenvalue weighted by molar-refractivity contribution is 5.79. The minimum absolute atomic E-state index is 0.216. The molecule has 116 valence electrons. The van der Waals surface area contributed by atoms with Crippen LogP contribution < -0.4 is 5.32 Å². The van der Waals surface area contributed by atoms with Crippen LogP contribution in [-0.2, 0) is 4.79 Å². The molecule has 0 aromatic carbocycles. The fraction of sp³-hybridized carbons (Fsp3) is 0.938. The molecule has 20 heavy (non-hydrogen) atoms. The van der Waals surface area contributed by atoms with Gasteiger partial charge in [0.1, 0.15) is 5.54 Å². The molecule has 0 heterocycles. The summed E-state index contributed by atoms with van der Waals surface area (Å²) in [5.74, 6) is 0.205. The van der Waals surface area contributed by atoms with Crippen molar-refractivity contribution in [2.75, 3.05) is 13.1 Å². The van der Waals surface area contributed by atoms with E-state index in [2.05, 4.69) is 17.1 Å². The third kappa shape index (κ3) is 3.73. The van der Waals surface area contributed by atoms with Gasteiger partial charge in [0.25, 0.3) is 0 Å². The standard InChI is InChI=1S/C16H30N2O2/c1-4-9-18(11-13-5-6-13)14-7-8-16(10-14,15(19)20)17-12(2)3/h12-14,17H,4-11H2,1-3H3,(H,19,20). The number of hydrogen-bond donors (Lipinski definition) is 2. The number of rotatable bonds is 8. The van der Waals surface area contributed by atoms with Gasteiger partial charge < -0.3 is 10.0 Å². The summed E-state index contributed by atoms with van der Waals surface area (Å²) >= 11 is 0. The van der Waals surface area contributed by atoms with Crippen LogP contribution in [0.1, 0.15) is 59.3 Å². The van der Waals surface area contributed by atoms with Crippen molar-refractivity contribution in [2.45, 2.75) is 76.9 Å². The maximum Gasteiger partial charge on any atom is 0.323 e. The normalized spacial score (nSPS) is 30.4. The lowest BCUT2D eigenvalue weighted by atomic mass is 9.96. The van der Waals surface area contributed by atoms with E-state index in [-0.39, 0.29) is 6.04 Å². The molecule has 0 saturated heterocycles. The van der Waals surface area contributed by atoms with E-state index in [4.69, 9.17) is 0 Å². The number of aliphatic carboxylic acids is 1. The molecule has 2 rings (SSSR count). The van der Waals surface area contributed by atoms with Crippen molar-refractivity contribution in [3.63, 3.8) is 0 Å². The lowest BCUT2D eigenvalue weighted by molar-refractivity contribution is -0.145. The molecule has 2 aliphatic carbocycles. The van der Waals surface area contributed by atoms with Crippen molar-refractivity contribution in [3.05, 3.63) is 0 Å². The summed E-state index contributed by atoms with van der Waals surface area (Å²) in [6, 6.07) is 0.658. The highest BCUT2D eigenvalue weighted by Crippen LogP contribution is 2.37. The zero-order valence-electron chi connectivity index (χ0n) is 13.2. The molecule has 0 aromatic heterocycles. The summed E-state index contributed by atoms with van der Waals surface area (Å²) in [6.07, 6.45) is 6.41. The highest BCUT2D eigenvalue weighted by Gasteiger charge is 2.47. The number of carbonyl (C=O) groups is 1. The van der Waals surface area contributed by atoms with E-state index in [1.807, 2.05) is 13.8 Å². The van der Waals surface area contributed by atoms with Crippen LogP contribution >= 0.6 is 0 Å². The lowest BCUT2D eigenvalue weighted by Crippen LogP contribution is -2.54. The summed E-state index contributed by atoms with van der Waals surface area (Å²) in [7, 11) is 0. The average Bonchev–Trinajstić information content (AvgIpc) is 3.07. The first-order valence-corrected chi connectivity index (χ1v) is 8.22. The summed E-state index contributed by atoms with van der Waals surface area (Å²) in [6.45, 7) is 8.57. The van der Waals surface area contributed by atoms with E-state index < -0.39 is 11.5 Å². The van der Waals surface area contributed by atoms with Crippen LogP contribution in [0.4, 0.5) is 0 Å². The van der Waals surface area contributed by atoms with Gasteiger partial charge >= 0.3 is 5.97 Å². The van der Waals surface area contributed by atoms with E-state index in [1.54, 1.807) is 0 Å². The van der Waals surface area contributed by atoms with Gasteiger partial charge in [0.15, 0.2) is 0 Å². The fourth-order valence-electron chi connectivity index (χ4n) is 3.61. The summed E-state index contributed by atoms with van der Waals surface area (Å²) < 4.78 is 0. The van der Waals surface area contributed by atoms with Crippen LogP contribution in [0, 0.1) is 5.92 Å². The molecular weight excluding hydrogens is 252 g/mol. The van der Waals surface area contributed by atoms with Gasteiger partial charge in [-0.3, -0.25) is 10.1 Å². The molecule has 2 unspecified atom stereocenters. The average molecular weight is 282 g/mol. The van der Waals surface area contributed by atoms with E-state index in [0.717, 1.165) is 38.1 Å². The quantitative estimate of drug-likeness (QED) is 0.718. The predicted octanol–water partition coefficient (Wildman–Crippen LogP) is 2.48. The minimum atomic E-state index is -0.700. The number of hydrogen-bond acceptors (Lipinski definition) is 3. The summed E-state index contributed by atoms with van der Waals surface area (Å²) in [5, 5.41) is 13.0. The molecule has 0 aliphatic heterocycles. The monoisotopic (exact) mass is 282 g/mol. The van der Waals surface area contributed by atoms with Gasteiger partial charge in [-0.1, -0.05) is 6.92 Å². The molecule has 2 N–H and O–H groups in total. The van der Waals surface area contributed by atoms with Gasteiger partial charge in [0.2, 0.25) is 0 Å². The van der Waals surface area contributed by atoms with Crippen molar-refractivity contribution in [2.24, 2.45) is 5.92 Å².